The van der Waals surface area contributed by atoms with Crippen LogP contribution in [-0.2, 0) is 4.74 Å². The van der Waals surface area contributed by atoms with Crippen LogP contribution in [0.25, 0.3) is 0 Å². The Morgan fingerprint density at radius 3 is 2.50 bits per heavy atom. The molecule has 0 bridgehead atoms. The molecule has 1 saturated heterocycles. The van der Waals surface area contributed by atoms with E-state index in [9.17, 15) is 4.39 Å². The van der Waals surface area contributed by atoms with Crippen LogP contribution in [0.5, 0.6) is 0 Å². The molecule has 1 aliphatic heterocycles. The summed E-state index contributed by atoms with van der Waals surface area (Å²) in [6.07, 6.45) is 1.07. The maximum Gasteiger partial charge on any atom is 0.129 e. The van der Waals surface area contributed by atoms with E-state index in [0.717, 1.165) is 36.3 Å². The summed E-state index contributed by atoms with van der Waals surface area (Å²) in [5.74, 6) is 0.412. The third-order valence-corrected chi connectivity index (χ3v) is 4.43. The number of benzene rings is 1. The van der Waals surface area contributed by atoms with Gasteiger partial charge in [0.1, 0.15) is 5.82 Å². The Morgan fingerprint density at radius 1 is 1.38 bits per heavy atom. The quantitative estimate of drug-likeness (QED) is 0.749. The highest BCUT2D eigenvalue weighted by molar-refractivity contribution is 9.09. The number of alkyl halides is 1. The molecule has 0 aromatic heterocycles. The first-order valence-electron chi connectivity index (χ1n) is 5.58. The van der Waals surface area contributed by atoms with E-state index in [-0.39, 0.29) is 10.6 Å². The molecule has 0 radical (unpaired) electrons. The van der Waals surface area contributed by atoms with Crippen molar-refractivity contribution in [3.8, 4) is 0 Å². The van der Waals surface area contributed by atoms with Crippen LogP contribution >= 0.6 is 15.9 Å². The highest BCUT2D eigenvalue weighted by atomic mass is 79.9. The predicted molar refractivity (Wildman–Crippen MR) is 66.5 cm³/mol. The van der Waals surface area contributed by atoms with Crippen molar-refractivity contribution in [3.63, 3.8) is 0 Å². The number of rotatable bonds is 2. The lowest BCUT2D eigenvalue weighted by atomic mass is 9.96. The maximum absolute atomic E-state index is 13.5. The molecule has 1 nitrogen and oxygen atoms in total. The molecule has 3 heteroatoms. The van der Waals surface area contributed by atoms with Crippen LogP contribution in [0.15, 0.2) is 12.1 Å². The molecular weight excluding hydrogens is 271 g/mol. The fraction of sp³-hybridized carbons (Fsp3) is 0.538. The number of ether oxygens (including phenoxy) is 1. The first-order valence-corrected chi connectivity index (χ1v) is 6.49. The third-order valence-electron chi connectivity index (χ3n) is 3.16. The van der Waals surface area contributed by atoms with E-state index in [1.54, 1.807) is 0 Å². The molecule has 0 N–H and O–H groups in total. The molecule has 2 rings (SSSR count). The van der Waals surface area contributed by atoms with Crippen molar-refractivity contribution in [2.75, 3.05) is 13.2 Å². The Balaban J connectivity index is 2.26. The largest absolute Gasteiger partial charge is 0.381 e. The van der Waals surface area contributed by atoms with Gasteiger partial charge in [0.05, 0.1) is 6.61 Å². The molecule has 1 aliphatic rings. The molecule has 2 unspecified atom stereocenters. The van der Waals surface area contributed by atoms with Gasteiger partial charge in [-0.3, -0.25) is 0 Å². The van der Waals surface area contributed by atoms with Gasteiger partial charge in [0.15, 0.2) is 0 Å². The van der Waals surface area contributed by atoms with Crippen LogP contribution in [0.1, 0.15) is 27.9 Å². The number of hydrogen-bond donors (Lipinski definition) is 0. The van der Waals surface area contributed by atoms with Crippen LogP contribution < -0.4 is 0 Å². The molecule has 0 aliphatic carbocycles. The van der Waals surface area contributed by atoms with Crippen molar-refractivity contribution in [1.82, 2.24) is 0 Å². The molecular formula is C13H16BrFO. The Hall–Kier alpha value is -0.410. The summed E-state index contributed by atoms with van der Waals surface area (Å²) < 4.78 is 18.9. The lowest BCUT2D eigenvalue weighted by Gasteiger charge is -2.17. The first-order chi connectivity index (χ1) is 7.59. The van der Waals surface area contributed by atoms with Gasteiger partial charge in [-0.05, 0) is 37.0 Å². The van der Waals surface area contributed by atoms with Crippen LogP contribution in [0, 0.1) is 25.6 Å². The van der Waals surface area contributed by atoms with Gasteiger partial charge in [-0.25, -0.2) is 4.39 Å². The minimum absolute atomic E-state index is 0.0916. The normalized spacial score (nSPS) is 22.4. The van der Waals surface area contributed by atoms with E-state index in [1.165, 1.54) is 0 Å². The fourth-order valence-corrected chi connectivity index (χ4v) is 2.88. The van der Waals surface area contributed by atoms with Gasteiger partial charge in [-0.1, -0.05) is 28.1 Å². The zero-order valence-corrected chi connectivity index (χ0v) is 11.2. The number of halogens is 2. The molecule has 1 heterocycles. The Kier molecular flexibility index (Phi) is 3.65. The van der Waals surface area contributed by atoms with Crippen LogP contribution in [0.4, 0.5) is 4.39 Å². The first kappa shape index (κ1) is 12.1. The highest BCUT2D eigenvalue weighted by Gasteiger charge is 2.25. The van der Waals surface area contributed by atoms with E-state index in [0.29, 0.717) is 5.92 Å². The molecule has 88 valence electrons. The van der Waals surface area contributed by atoms with E-state index in [1.807, 2.05) is 26.0 Å². The second-order valence-electron chi connectivity index (χ2n) is 4.49. The molecule has 1 aromatic carbocycles. The summed E-state index contributed by atoms with van der Waals surface area (Å²) in [5.41, 5.74) is 2.60. The van der Waals surface area contributed by atoms with Crippen molar-refractivity contribution in [2.45, 2.75) is 25.1 Å². The molecule has 1 aromatic rings. The molecule has 1 fully saturated rings. The minimum Gasteiger partial charge on any atom is -0.381 e. The Labute approximate surface area is 104 Å². The van der Waals surface area contributed by atoms with Crippen LogP contribution in [-0.4, -0.2) is 13.2 Å². The van der Waals surface area contributed by atoms with Crippen LogP contribution in [0.3, 0.4) is 0 Å². The van der Waals surface area contributed by atoms with Gasteiger partial charge < -0.3 is 4.74 Å². The van der Waals surface area contributed by atoms with Crippen molar-refractivity contribution in [3.05, 3.63) is 34.6 Å². The average Bonchev–Trinajstić information content (AvgIpc) is 2.77. The summed E-state index contributed by atoms with van der Waals surface area (Å²) in [7, 11) is 0. The van der Waals surface area contributed by atoms with E-state index in [2.05, 4.69) is 15.9 Å². The van der Waals surface area contributed by atoms with Crippen molar-refractivity contribution < 1.29 is 9.13 Å². The third kappa shape index (κ3) is 2.30. The molecule has 0 saturated carbocycles. The zero-order valence-electron chi connectivity index (χ0n) is 9.59. The van der Waals surface area contributed by atoms with Gasteiger partial charge >= 0.3 is 0 Å². The predicted octanol–water partition coefficient (Wildman–Crippen LogP) is 3.92. The SMILES string of the molecule is Cc1cc(C(Br)C2CCOC2)cc(C)c1F. The minimum atomic E-state index is -0.0916. The molecule has 16 heavy (non-hydrogen) atoms. The van der Waals surface area contributed by atoms with E-state index < -0.39 is 0 Å². The molecule has 0 amide bonds. The summed E-state index contributed by atoms with van der Waals surface area (Å²) >= 11 is 3.70. The lowest BCUT2D eigenvalue weighted by molar-refractivity contribution is 0.185. The van der Waals surface area contributed by atoms with Gasteiger partial charge in [-0.15, -0.1) is 0 Å². The number of aryl methyl sites for hydroxylation is 2. The monoisotopic (exact) mass is 286 g/mol. The highest BCUT2D eigenvalue weighted by Crippen LogP contribution is 2.37. The zero-order chi connectivity index (χ0) is 11.7. The summed E-state index contributed by atoms with van der Waals surface area (Å²) in [6.45, 7) is 5.27. The van der Waals surface area contributed by atoms with Gasteiger partial charge in [0.2, 0.25) is 0 Å². The van der Waals surface area contributed by atoms with Gasteiger partial charge in [0, 0.05) is 17.4 Å². The van der Waals surface area contributed by atoms with E-state index in [4.69, 9.17) is 4.74 Å². The van der Waals surface area contributed by atoms with Gasteiger partial charge in [-0.2, -0.15) is 0 Å². The average molecular weight is 287 g/mol. The summed E-state index contributed by atoms with van der Waals surface area (Å²) in [6, 6.07) is 3.86. The Bertz CT molecular complexity index is 363. The standard InChI is InChI=1S/C13H16BrFO/c1-8-5-11(6-9(2)13(8)15)12(14)10-3-4-16-7-10/h5-6,10,12H,3-4,7H2,1-2H3. The molecule has 0 spiro atoms. The van der Waals surface area contributed by atoms with Crippen molar-refractivity contribution in [1.29, 1.82) is 0 Å². The summed E-state index contributed by atoms with van der Waals surface area (Å²) in [4.78, 5) is 0.271. The van der Waals surface area contributed by atoms with Gasteiger partial charge in [0.25, 0.3) is 0 Å². The second kappa shape index (κ2) is 4.84. The number of hydrogen-bond acceptors (Lipinski definition) is 1. The maximum atomic E-state index is 13.5. The second-order valence-corrected chi connectivity index (χ2v) is 5.48. The lowest BCUT2D eigenvalue weighted by Crippen LogP contribution is -2.08. The fourth-order valence-electron chi connectivity index (χ4n) is 2.19. The van der Waals surface area contributed by atoms with Crippen LogP contribution in [0.2, 0.25) is 0 Å². The van der Waals surface area contributed by atoms with Crippen molar-refractivity contribution in [2.24, 2.45) is 5.92 Å². The van der Waals surface area contributed by atoms with E-state index >= 15 is 0 Å². The van der Waals surface area contributed by atoms with Crippen molar-refractivity contribution >= 4 is 15.9 Å². The molecule has 2 atom stereocenters. The topological polar surface area (TPSA) is 9.23 Å². The smallest absolute Gasteiger partial charge is 0.129 e. The summed E-state index contributed by atoms with van der Waals surface area (Å²) in [5, 5.41) is 0. The Morgan fingerprint density at radius 2 is 2.00 bits per heavy atom.